The molecule has 8 heteroatoms. The van der Waals surface area contributed by atoms with E-state index in [2.05, 4.69) is 16.1 Å². The summed E-state index contributed by atoms with van der Waals surface area (Å²) in [7, 11) is 1.90. The molecular formula is C28H28N6O2. The number of aliphatic imine (C=N–C) groups is 1. The Morgan fingerprint density at radius 1 is 0.972 bits per heavy atom. The van der Waals surface area contributed by atoms with Crippen molar-refractivity contribution < 1.29 is 9.59 Å². The Labute approximate surface area is 209 Å². The van der Waals surface area contributed by atoms with Crippen LogP contribution in [0.1, 0.15) is 31.2 Å². The number of aromatic nitrogens is 3. The fourth-order valence-electron chi connectivity index (χ4n) is 5.30. The maximum absolute atomic E-state index is 13.2. The van der Waals surface area contributed by atoms with E-state index in [4.69, 9.17) is 4.99 Å². The molecule has 3 aromatic rings. The Hall–Kier alpha value is -3.81. The topological polar surface area (TPSA) is 83.7 Å². The van der Waals surface area contributed by atoms with E-state index in [1.54, 1.807) is 4.68 Å². The number of pyridine rings is 1. The largest absolute Gasteiger partial charge is 0.342 e. The van der Waals surface area contributed by atoms with Crippen LogP contribution in [0.15, 0.2) is 60.0 Å². The Balaban J connectivity index is 1.07. The summed E-state index contributed by atoms with van der Waals surface area (Å²) in [4.78, 5) is 38.9. The van der Waals surface area contributed by atoms with Crippen molar-refractivity contribution in [1.29, 1.82) is 0 Å². The number of aryl methyl sites for hydroxylation is 1. The Kier molecular flexibility index (Phi) is 4.68. The molecule has 8 nitrogen and oxygen atoms in total. The monoisotopic (exact) mass is 480 g/mol. The second-order valence-electron chi connectivity index (χ2n) is 10.7. The molecule has 36 heavy (non-hydrogen) atoms. The first kappa shape index (κ1) is 21.5. The minimum atomic E-state index is -0.537. The number of amidine groups is 1. The van der Waals surface area contributed by atoms with Crippen LogP contribution in [0.25, 0.3) is 22.4 Å². The van der Waals surface area contributed by atoms with E-state index >= 15 is 0 Å². The molecule has 2 aliphatic heterocycles. The SMILES string of the molecule is Cn1cc(-c2ccc(-c3ccc(C4=NC5(CC5)C(=O)N4CC4CN(C(=O)C5CC5)C4)cc3)nc2)cn1. The summed E-state index contributed by atoms with van der Waals surface area (Å²) in [6, 6.07) is 12.2. The van der Waals surface area contributed by atoms with Crippen LogP contribution in [-0.2, 0) is 16.6 Å². The highest BCUT2D eigenvalue weighted by Crippen LogP contribution is 2.46. The zero-order valence-corrected chi connectivity index (χ0v) is 20.3. The lowest BCUT2D eigenvalue weighted by Crippen LogP contribution is -2.55. The molecule has 2 amide bonds. The van der Waals surface area contributed by atoms with Gasteiger partial charge in [0.25, 0.3) is 5.91 Å². The van der Waals surface area contributed by atoms with Crippen LogP contribution in [0.3, 0.4) is 0 Å². The molecule has 0 N–H and O–H groups in total. The lowest BCUT2D eigenvalue weighted by molar-refractivity contribution is -0.139. The highest BCUT2D eigenvalue weighted by atomic mass is 16.2. The third-order valence-corrected chi connectivity index (χ3v) is 7.82. The van der Waals surface area contributed by atoms with E-state index in [0.29, 0.717) is 18.4 Å². The molecule has 0 atom stereocenters. The van der Waals surface area contributed by atoms with Gasteiger partial charge < -0.3 is 4.90 Å². The van der Waals surface area contributed by atoms with Gasteiger partial charge in [-0.15, -0.1) is 0 Å². The third-order valence-electron chi connectivity index (χ3n) is 7.82. The first-order valence-electron chi connectivity index (χ1n) is 12.8. The van der Waals surface area contributed by atoms with Crippen molar-refractivity contribution in [2.24, 2.45) is 23.9 Å². The number of carbonyl (C=O) groups is 2. The zero-order valence-electron chi connectivity index (χ0n) is 20.3. The molecule has 2 saturated carbocycles. The molecule has 2 aromatic heterocycles. The number of amides is 2. The summed E-state index contributed by atoms with van der Waals surface area (Å²) < 4.78 is 1.78. The number of benzene rings is 1. The maximum Gasteiger partial charge on any atom is 0.256 e. The highest BCUT2D eigenvalue weighted by molar-refractivity contribution is 6.16. The van der Waals surface area contributed by atoms with Crippen molar-refractivity contribution in [3.8, 4) is 22.4 Å². The second kappa shape index (κ2) is 7.85. The quantitative estimate of drug-likeness (QED) is 0.543. The van der Waals surface area contributed by atoms with Crippen molar-refractivity contribution in [2.75, 3.05) is 19.6 Å². The van der Waals surface area contributed by atoms with E-state index in [0.717, 1.165) is 72.6 Å². The Morgan fingerprint density at radius 3 is 2.31 bits per heavy atom. The minimum Gasteiger partial charge on any atom is -0.342 e. The van der Waals surface area contributed by atoms with Crippen LogP contribution in [0.2, 0.25) is 0 Å². The zero-order chi connectivity index (χ0) is 24.4. The summed E-state index contributed by atoms with van der Waals surface area (Å²) in [6.07, 6.45) is 9.39. The van der Waals surface area contributed by atoms with E-state index in [-0.39, 0.29) is 11.8 Å². The molecule has 3 fully saturated rings. The lowest BCUT2D eigenvalue weighted by atomic mass is 9.98. The Bertz CT molecular complexity index is 1380. The first-order chi connectivity index (χ1) is 17.5. The van der Waals surface area contributed by atoms with E-state index in [9.17, 15) is 9.59 Å². The fraction of sp³-hybridized carbons (Fsp3) is 0.393. The lowest BCUT2D eigenvalue weighted by Gasteiger charge is -2.41. The number of hydrogen-bond donors (Lipinski definition) is 0. The van der Waals surface area contributed by atoms with Crippen molar-refractivity contribution >= 4 is 17.6 Å². The molecule has 2 aliphatic carbocycles. The van der Waals surface area contributed by atoms with Gasteiger partial charge in [0.05, 0.1) is 11.9 Å². The average molecular weight is 481 g/mol. The molecule has 7 rings (SSSR count). The fourth-order valence-corrected chi connectivity index (χ4v) is 5.30. The van der Waals surface area contributed by atoms with Gasteiger partial charge in [0.15, 0.2) is 0 Å². The molecule has 0 unspecified atom stereocenters. The number of rotatable bonds is 6. The molecule has 1 spiro atoms. The second-order valence-corrected chi connectivity index (χ2v) is 10.7. The average Bonchev–Trinajstić information content (AvgIpc) is 3.79. The van der Waals surface area contributed by atoms with Crippen LogP contribution in [0, 0.1) is 11.8 Å². The summed E-state index contributed by atoms with van der Waals surface area (Å²) in [5.41, 5.74) is 4.39. The van der Waals surface area contributed by atoms with Crippen molar-refractivity contribution in [3.05, 3.63) is 60.6 Å². The van der Waals surface area contributed by atoms with E-state index in [1.807, 2.05) is 65.8 Å². The summed E-state index contributed by atoms with van der Waals surface area (Å²) in [5, 5.41) is 4.23. The van der Waals surface area contributed by atoms with Crippen LogP contribution < -0.4 is 0 Å². The standard InChI is InChI=1S/C28H28N6O2/c1-32-17-23(13-30-32)22-8-9-24(29-12-22)19-2-4-20(5-3-19)25-31-28(10-11-28)27(36)34(25)16-18-14-33(15-18)26(35)21-6-7-21/h2-5,8-9,12-13,17-18,21H,6-7,10-11,14-16H2,1H3. The van der Waals surface area contributed by atoms with Gasteiger partial charge in [0.2, 0.25) is 5.91 Å². The summed E-state index contributed by atoms with van der Waals surface area (Å²) in [5.74, 6) is 1.77. The van der Waals surface area contributed by atoms with Gasteiger partial charge in [-0.1, -0.05) is 30.3 Å². The smallest absolute Gasteiger partial charge is 0.256 e. The molecular weight excluding hydrogens is 452 g/mol. The third kappa shape index (κ3) is 3.63. The summed E-state index contributed by atoms with van der Waals surface area (Å²) >= 11 is 0. The predicted octanol–water partition coefficient (Wildman–Crippen LogP) is 3.14. The number of carbonyl (C=O) groups excluding carboxylic acids is 2. The van der Waals surface area contributed by atoms with Gasteiger partial charge in [0, 0.05) is 73.2 Å². The molecule has 4 aliphatic rings. The van der Waals surface area contributed by atoms with Crippen LogP contribution >= 0.6 is 0 Å². The van der Waals surface area contributed by atoms with Crippen LogP contribution in [-0.4, -0.2) is 67.4 Å². The Morgan fingerprint density at radius 2 is 1.69 bits per heavy atom. The normalized spacial score (nSPS) is 20.6. The number of nitrogens with zero attached hydrogens (tertiary/aromatic N) is 6. The van der Waals surface area contributed by atoms with Gasteiger partial charge >= 0.3 is 0 Å². The predicted molar refractivity (Wildman–Crippen MR) is 135 cm³/mol. The molecule has 1 saturated heterocycles. The van der Waals surface area contributed by atoms with Gasteiger partial charge in [0.1, 0.15) is 11.4 Å². The molecule has 1 aromatic carbocycles. The first-order valence-corrected chi connectivity index (χ1v) is 12.8. The van der Waals surface area contributed by atoms with Gasteiger partial charge in [-0.25, -0.2) is 0 Å². The molecule has 0 bridgehead atoms. The van der Waals surface area contributed by atoms with Crippen molar-refractivity contribution in [2.45, 2.75) is 31.2 Å². The van der Waals surface area contributed by atoms with Crippen molar-refractivity contribution in [1.82, 2.24) is 24.6 Å². The van der Waals surface area contributed by atoms with Crippen molar-refractivity contribution in [3.63, 3.8) is 0 Å². The number of likely N-dealkylation sites (tertiary alicyclic amines) is 1. The maximum atomic E-state index is 13.2. The summed E-state index contributed by atoms with van der Waals surface area (Å²) in [6.45, 7) is 2.13. The van der Waals surface area contributed by atoms with E-state index < -0.39 is 5.54 Å². The minimum absolute atomic E-state index is 0.126. The van der Waals surface area contributed by atoms with Gasteiger partial charge in [-0.3, -0.25) is 29.1 Å². The molecule has 4 heterocycles. The number of hydrogen-bond acceptors (Lipinski definition) is 5. The molecule has 0 radical (unpaired) electrons. The van der Waals surface area contributed by atoms with Gasteiger partial charge in [-0.2, -0.15) is 5.10 Å². The highest BCUT2D eigenvalue weighted by Gasteiger charge is 2.57. The van der Waals surface area contributed by atoms with Crippen LogP contribution in [0.4, 0.5) is 0 Å². The molecule has 182 valence electrons. The van der Waals surface area contributed by atoms with Gasteiger partial charge in [-0.05, 0) is 31.7 Å². The van der Waals surface area contributed by atoms with Crippen LogP contribution in [0.5, 0.6) is 0 Å². The van der Waals surface area contributed by atoms with E-state index in [1.165, 1.54) is 0 Å².